The van der Waals surface area contributed by atoms with Crippen LogP contribution in [0.5, 0.6) is 11.5 Å². The Labute approximate surface area is 119 Å². The van der Waals surface area contributed by atoms with E-state index < -0.39 is 4.42 Å². The molecule has 0 saturated heterocycles. The van der Waals surface area contributed by atoms with Crippen molar-refractivity contribution in [2.45, 2.75) is 0 Å². The molecule has 0 fully saturated rings. The number of fused-ring (bicyclic) bond motifs is 1. The molecule has 20 heavy (non-hydrogen) atoms. The number of nitrogens with zero attached hydrogens (tertiary/aromatic N) is 1. The Balaban J connectivity index is 2.05. The van der Waals surface area contributed by atoms with E-state index in [0.29, 0.717) is 14.0 Å². The molecule has 1 unspecified atom stereocenters. The van der Waals surface area contributed by atoms with Gasteiger partial charge in [0.25, 0.3) is 0 Å². The number of quaternary nitrogens is 1. The summed E-state index contributed by atoms with van der Waals surface area (Å²) < 4.78 is 9.83. The summed E-state index contributed by atoms with van der Waals surface area (Å²) in [5.74, 6) is 3.43. The number of methoxy groups -OCH3 is 2. The lowest BCUT2D eigenvalue weighted by atomic mass is 10.1. The van der Waals surface area contributed by atoms with Gasteiger partial charge in [0.2, 0.25) is 0 Å². The molecule has 0 N–H and O–H groups in total. The zero-order valence-electron chi connectivity index (χ0n) is 11.2. The molecule has 1 heterocycles. The van der Waals surface area contributed by atoms with Crippen molar-refractivity contribution in [2.24, 2.45) is 0 Å². The first kappa shape index (κ1) is 13.1. The maximum absolute atomic E-state index is 13.1. The van der Waals surface area contributed by atoms with Gasteiger partial charge in [0.15, 0.2) is 14.0 Å². The van der Waals surface area contributed by atoms with Gasteiger partial charge in [0, 0.05) is 24.0 Å². The van der Waals surface area contributed by atoms with E-state index in [0.717, 1.165) is 22.7 Å². The fraction of sp³-hybridized carbons (Fsp3) is 0.133. The van der Waals surface area contributed by atoms with E-state index >= 15 is 0 Å². The summed E-state index contributed by atoms with van der Waals surface area (Å²) in [6, 6.07) is 12.8. The van der Waals surface area contributed by atoms with Gasteiger partial charge < -0.3 is 14.7 Å². The third kappa shape index (κ3) is 1.98. The van der Waals surface area contributed by atoms with Crippen molar-refractivity contribution in [3.05, 3.63) is 53.2 Å². The van der Waals surface area contributed by atoms with Crippen LogP contribution in [-0.2, 0) is 0 Å². The zero-order valence-corrected chi connectivity index (χ0v) is 12.1. The van der Waals surface area contributed by atoms with Crippen molar-refractivity contribution in [1.29, 1.82) is 0 Å². The SMILES string of the molecule is COc1ccc([N+]2([O-])P=Cc3cc(OC)ccc32)cc1. The Hall–Kier alpha value is -1.87. The van der Waals surface area contributed by atoms with Crippen molar-refractivity contribution in [1.82, 2.24) is 4.42 Å². The number of rotatable bonds is 3. The van der Waals surface area contributed by atoms with E-state index in [-0.39, 0.29) is 0 Å². The van der Waals surface area contributed by atoms with Crippen molar-refractivity contribution in [3.63, 3.8) is 0 Å². The van der Waals surface area contributed by atoms with Gasteiger partial charge in [-0.25, -0.2) is 4.42 Å². The highest BCUT2D eigenvalue weighted by Gasteiger charge is 2.30. The molecule has 0 aromatic heterocycles. The smallest absolute Gasteiger partial charge is 0.169 e. The first-order valence-electron chi connectivity index (χ1n) is 6.16. The van der Waals surface area contributed by atoms with Crippen LogP contribution in [0, 0.1) is 5.21 Å². The number of benzene rings is 2. The molecule has 1 aliphatic rings. The second-order valence-corrected chi connectivity index (χ2v) is 5.50. The summed E-state index contributed by atoms with van der Waals surface area (Å²) in [4.78, 5) is 0. The summed E-state index contributed by atoms with van der Waals surface area (Å²) in [5.41, 5.74) is 2.35. The standard InChI is InChI=1S/C15H14NO3P/c1-18-13-5-3-12(4-6-13)16(17)15-8-7-14(19-2)9-11(15)10-20-16/h3-10H,1-2H3. The van der Waals surface area contributed by atoms with Crippen LogP contribution in [0.3, 0.4) is 0 Å². The van der Waals surface area contributed by atoms with Crippen LogP contribution in [0.15, 0.2) is 42.5 Å². The van der Waals surface area contributed by atoms with E-state index in [4.69, 9.17) is 9.47 Å². The van der Waals surface area contributed by atoms with Gasteiger partial charge in [-0.15, -0.1) is 0 Å². The molecule has 0 amide bonds. The monoisotopic (exact) mass is 287 g/mol. The summed E-state index contributed by atoms with van der Waals surface area (Å²) >= 11 is 0. The second kappa shape index (κ2) is 4.91. The van der Waals surface area contributed by atoms with E-state index in [1.54, 1.807) is 14.2 Å². The summed E-state index contributed by atoms with van der Waals surface area (Å²) in [6.07, 6.45) is 0. The van der Waals surface area contributed by atoms with Gasteiger partial charge in [-0.05, 0) is 24.3 Å². The summed E-state index contributed by atoms with van der Waals surface area (Å²) in [5, 5.41) is 13.1. The maximum Gasteiger partial charge on any atom is 0.169 e. The molecule has 2 aromatic carbocycles. The van der Waals surface area contributed by atoms with E-state index in [1.807, 2.05) is 48.3 Å². The molecule has 4 nitrogen and oxygen atoms in total. The Morgan fingerprint density at radius 3 is 2.25 bits per heavy atom. The summed E-state index contributed by atoms with van der Waals surface area (Å²) in [7, 11) is 3.91. The third-order valence-corrected chi connectivity index (χ3v) is 4.51. The maximum atomic E-state index is 13.1. The van der Waals surface area contributed by atoms with E-state index in [9.17, 15) is 5.21 Å². The van der Waals surface area contributed by atoms with Gasteiger partial charge in [0.1, 0.15) is 17.2 Å². The van der Waals surface area contributed by atoms with Crippen LogP contribution in [0.25, 0.3) is 0 Å². The molecule has 0 bridgehead atoms. The molecule has 5 heteroatoms. The van der Waals surface area contributed by atoms with E-state index in [2.05, 4.69) is 0 Å². The molecule has 3 rings (SSSR count). The fourth-order valence-electron chi connectivity index (χ4n) is 2.23. The highest BCUT2D eigenvalue weighted by Crippen LogP contribution is 2.47. The first-order valence-corrected chi connectivity index (χ1v) is 7.08. The average Bonchev–Trinajstić information content (AvgIpc) is 2.85. The molecule has 0 radical (unpaired) electrons. The summed E-state index contributed by atoms with van der Waals surface area (Å²) in [6.45, 7) is 0. The number of ether oxygens (including phenoxy) is 2. The van der Waals surface area contributed by atoms with Crippen LogP contribution in [-0.4, -0.2) is 20.0 Å². The Morgan fingerprint density at radius 2 is 1.60 bits per heavy atom. The Kier molecular flexibility index (Phi) is 3.22. The lowest BCUT2D eigenvalue weighted by molar-refractivity contribution is 0.414. The average molecular weight is 287 g/mol. The third-order valence-electron chi connectivity index (χ3n) is 3.34. The zero-order chi connectivity index (χ0) is 14.2. The topological polar surface area (TPSA) is 41.5 Å². The molecule has 102 valence electrons. The molecule has 1 aliphatic heterocycles. The normalized spacial score (nSPS) is 20.6. The molecule has 2 aromatic rings. The van der Waals surface area contributed by atoms with Gasteiger partial charge in [-0.1, -0.05) is 0 Å². The largest absolute Gasteiger partial charge is 0.615 e. The predicted molar refractivity (Wildman–Crippen MR) is 82.9 cm³/mol. The Morgan fingerprint density at radius 1 is 0.950 bits per heavy atom. The van der Waals surface area contributed by atoms with Gasteiger partial charge in [-0.2, -0.15) is 0 Å². The van der Waals surface area contributed by atoms with Crippen molar-refractivity contribution >= 4 is 25.5 Å². The lowest BCUT2D eigenvalue weighted by Gasteiger charge is -2.34. The van der Waals surface area contributed by atoms with E-state index in [1.165, 1.54) is 0 Å². The highest BCUT2D eigenvalue weighted by atomic mass is 31.1. The first-order chi connectivity index (χ1) is 9.67. The van der Waals surface area contributed by atoms with Crippen molar-refractivity contribution in [3.8, 4) is 11.5 Å². The number of hydrogen-bond donors (Lipinski definition) is 0. The lowest BCUT2D eigenvalue weighted by Crippen LogP contribution is -2.23. The van der Waals surface area contributed by atoms with Crippen LogP contribution in [0.2, 0.25) is 0 Å². The quantitative estimate of drug-likeness (QED) is 0.635. The molecule has 0 aliphatic carbocycles. The minimum absolute atomic E-state index is 0.497. The molecular weight excluding hydrogens is 273 g/mol. The Bertz CT molecular complexity index is 669. The number of hydrogen-bond acceptors (Lipinski definition) is 3. The van der Waals surface area contributed by atoms with Crippen LogP contribution < -0.4 is 13.9 Å². The highest BCUT2D eigenvalue weighted by molar-refractivity contribution is 7.40. The predicted octanol–water partition coefficient (Wildman–Crippen LogP) is 3.87. The van der Waals surface area contributed by atoms with Gasteiger partial charge >= 0.3 is 0 Å². The molecule has 0 spiro atoms. The van der Waals surface area contributed by atoms with Crippen LogP contribution in [0.4, 0.5) is 11.4 Å². The second-order valence-electron chi connectivity index (χ2n) is 4.44. The molecule has 0 saturated carbocycles. The minimum atomic E-state index is -0.497. The van der Waals surface area contributed by atoms with Crippen LogP contribution in [0.1, 0.15) is 5.56 Å². The van der Waals surface area contributed by atoms with Gasteiger partial charge in [0.05, 0.1) is 19.8 Å². The minimum Gasteiger partial charge on any atom is -0.615 e. The molecule has 1 atom stereocenters. The fourth-order valence-corrected chi connectivity index (χ4v) is 3.30. The van der Waals surface area contributed by atoms with Crippen LogP contribution >= 0.6 is 8.35 Å². The van der Waals surface area contributed by atoms with Crippen molar-refractivity contribution < 1.29 is 9.47 Å². The van der Waals surface area contributed by atoms with Crippen molar-refractivity contribution in [2.75, 3.05) is 14.2 Å². The van der Waals surface area contributed by atoms with Gasteiger partial charge in [-0.3, -0.25) is 0 Å². The molecular formula is C15H14NO3P.